The van der Waals surface area contributed by atoms with Gasteiger partial charge in [-0.15, -0.1) is 0 Å². The van der Waals surface area contributed by atoms with E-state index in [0.717, 1.165) is 24.1 Å². The molecule has 0 saturated heterocycles. The molecular formula is C14H17N5. The van der Waals surface area contributed by atoms with Crippen LogP contribution in [0.25, 0.3) is 5.69 Å². The van der Waals surface area contributed by atoms with Crippen LogP contribution in [0.1, 0.15) is 25.7 Å². The van der Waals surface area contributed by atoms with Crippen molar-refractivity contribution in [1.29, 1.82) is 0 Å². The average molecular weight is 255 g/mol. The lowest BCUT2D eigenvalue weighted by atomic mass is 10.0. The molecule has 1 heterocycles. The van der Waals surface area contributed by atoms with Gasteiger partial charge in [-0.25, -0.2) is 0 Å². The van der Waals surface area contributed by atoms with Gasteiger partial charge in [-0.3, -0.25) is 0 Å². The molecule has 1 aromatic heterocycles. The standard InChI is InChI=1S/C14H17N5/c1-2-4-12(5-3-1)19-13(16-17-18-19)15-10-14(8-9-14)11-6-7-11/h1-5,11H,6-10H2,(H,15,16,18). The van der Waals surface area contributed by atoms with Gasteiger partial charge < -0.3 is 5.32 Å². The molecule has 0 aliphatic heterocycles. The summed E-state index contributed by atoms with van der Waals surface area (Å²) in [5.41, 5.74) is 1.54. The molecule has 2 fully saturated rings. The molecule has 2 aliphatic rings. The number of tetrazole rings is 1. The fraction of sp³-hybridized carbons (Fsp3) is 0.500. The highest BCUT2D eigenvalue weighted by atomic mass is 15.6. The Kier molecular flexibility index (Phi) is 2.33. The van der Waals surface area contributed by atoms with Gasteiger partial charge in [0.1, 0.15) is 0 Å². The predicted molar refractivity (Wildman–Crippen MR) is 72.0 cm³/mol. The third-order valence-corrected chi connectivity index (χ3v) is 4.40. The number of nitrogens with one attached hydrogen (secondary N) is 1. The highest BCUT2D eigenvalue weighted by Gasteiger charge is 2.53. The number of benzene rings is 1. The van der Waals surface area contributed by atoms with Crippen molar-refractivity contribution in [2.45, 2.75) is 25.7 Å². The Morgan fingerprint density at radius 1 is 1.21 bits per heavy atom. The van der Waals surface area contributed by atoms with E-state index in [-0.39, 0.29) is 0 Å². The van der Waals surface area contributed by atoms with E-state index >= 15 is 0 Å². The second-order valence-electron chi connectivity index (χ2n) is 5.74. The minimum atomic E-state index is 0.549. The summed E-state index contributed by atoms with van der Waals surface area (Å²) in [5, 5.41) is 15.4. The van der Waals surface area contributed by atoms with E-state index in [4.69, 9.17) is 0 Å². The molecule has 0 unspecified atom stereocenters. The minimum Gasteiger partial charge on any atom is -0.352 e. The Balaban J connectivity index is 1.51. The van der Waals surface area contributed by atoms with Crippen LogP contribution >= 0.6 is 0 Å². The molecule has 0 spiro atoms. The zero-order valence-corrected chi connectivity index (χ0v) is 10.8. The van der Waals surface area contributed by atoms with Gasteiger partial charge in [-0.1, -0.05) is 23.3 Å². The van der Waals surface area contributed by atoms with Crippen molar-refractivity contribution in [2.24, 2.45) is 11.3 Å². The quantitative estimate of drug-likeness (QED) is 0.890. The van der Waals surface area contributed by atoms with Crippen LogP contribution in [-0.2, 0) is 0 Å². The molecule has 98 valence electrons. The zero-order chi connectivity index (χ0) is 12.7. The minimum absolute atomic E-state index is 0.549. The lowest BCUT2D eigenvalue weighted by molar-refractivity contribution is 0.465. The van der Waals surface area contributed by atoms with Crippen molar-refractivity contribution in [2.75, 3.05) is 11.9 Å². The number of anilines is 1. The van der Waals surface area contributed by atoms with Crippen molar-refractivity contribution >= 4 is 5.95 Å². The van der Waals surface area contributed by atoms with Gasteiger partial charge in [0.05, 0.1) is 5.69 Å². The van der Waals surface area contributed by atoms with Gasteiger partial charge in [-0.2, -0.15) is 4.68 Å². The van der Waals surface area contributed by atoms with Crippen LogP contribution in [0.2, 0.25) is 0 Å². The van der Waals surface area contributed by atoms with Crippen LogP contribution in [-0.4, -0.2) is 26.8 Å². The first kappa shape index (κ1) is 11.0. The lowest BCUT2D eigenvalue weighted by Gasteiger charge is -2.15. The number of hydrogen-bond acceptors (Lipinski definition) is 4. The van der Waals surface area contributed by atoms with Gasteiger partial charge in [-0.05, 0) is 59.6 Å². The molecule has 2 saturated carbocycles. The van der Waals surface area contributed by atoms with E-state index in [1.54, 1.807) is 4.68 Å². The topological polar surface area (TPSA) is 55.6 Å². The van der Waals surface area contributed by atoms with Gasteiger partial charge in [0, 0.05) is 6.54 Å². The van der Waals surface area contributed by atoms with Crippen molar-refractivity contribution in [1.82, 2.24) is 20.2 Å². The first-order chi connectivity index (χ1) is 9.37. The predicted octanol–water partition coefficient (Wildman–Crippen LogP) is 2.26. The Hall–Kier alpha value is -1.91. The van der Waals surface area contributed by atoms with E-state index in [1.807, 2.05) is 30.3 Å². The lowest BCUT2D eigenvalue weighted by Crippen LogP contribution is -2.19. The molecule has 5 heteroatoms. The highest BCUT2D eigenvalue weighted by molar-refractivity contribution is 5.38. The van der Waals surface area contributed by atoms with Gasteiger partial charge in [0.2, 0.25) is 5.95 Å². The SMILES string of the molecule is c1ccc(-n2nnnc2NCC2(C3CC3)CC2)cc1. The van der Waals surface area contributed by atoms with Crippen LogP contribution in [0, 0.1) is 11.3 Å². The van der Waals surface area contributed by atoms with Crippen molar-refractivity contribution in [3.8, 4) is 5.69 Å². The smallest absolute Gasteiger partial charge is 0.247 e. The summed E-state index contributed by atoms with van der Waals surface area (Å²) in [4.78, 5) is 0. The summed E-state index contributed by atoms with van der Waals surface area (Å²) in [6.07, 6.45) is 5.53. The molecule has 2 aliphatic carbocycles. The summed E-state index contributed by atoms with van der Waals surface area (Å²) in [6.45, 7) is 1.00. The third-order valence-electron chi connectivity index (χ3n) is 4.40. The second-order valence-corrected chi connectivity index (χ2v) is 5.74. The number of rotatable bonds is 5. The van der Waals surface area contributed by atoms with Crippen LogP contribution in [0.4, 0.5) is 5.95 Å². The summed E-state index contributed by atoms with van der Waals surface area (Å²) in [5.74, 6) is 1.69. The van der Waals surface area contributed by atoms with Gasteiger partial charge >= 0.3 is 0 Å². The molecule has 0 radical (unpaired) electrons. The zero-order valence-electron chi connectivity index (χ0n) is 10.8. The summed E-state index contributed by atoms with van der Waals surface area (Å²) >= 11 is 0. The normalized spacial score (nSPS) is 20.2. The molecule has 0 atom stereocenters. The Morgan fingerprint density at radius 2 is 2.00 bits per heavy atom. The Labute approximate surface area is 112 Å². The largest absolute Gasteiger partial charge is 0.352 e. The van der Waals surface area contributed by atoms with Gasteiger partial charge in [0.15, 0.2) is 0 Å². The highest BCUT2D eigenvalue weighted by Crippen LogP contribution is 2.61. The number of para-hydroxylation sites is 1. The molecule has 1 aromatic carbocycles. The first-order valence-corrected chi connectivity index (χ1v) is 6.95. The monoisotopic (exact) mass is 255 g/mol. The van der Waals surface area contributed by atoms with Crippen LogP contribution in [0.5, 0.6) is 0 Å². The van der Waals surface area contributed by atoms with Crippen LogP contribution in [0.3, 0.4) is 0 Å². The van der Waals surface area contributed by atoms with E-state index in [0.29, 0.717) is 5.41 Å². The molecule has 4 rings (SSSR count). The third kappa shape index (κ3) is 1.99. The summed E-state index contributed by atoms with van der Waals surface area (Å²) < 4.78 is 1.77. The molecule has 2 aromatic rings. The number of aromatic nitrogens is 4. The molecule has 19 heavy (non-hydrogen) atoms. The number of nitrogens with zero attached hydrogens (tertiary/aromatic N) is 4. The van der Waals surface area contributed by atoms with E-state index in [9.17, 15) is 0 Å². The van der Waals surface area contributed by atoms with E-state index in [1.165, 1.54) is 25.7 Å². The maximum absolute atomic E-state index is 4.09. The van der Waals surface area contributed by atoms with Gasteiger partial charge in [0.25, 0.3) is 0 Å². The van der Waals surface area contributed by atoms with E-state index < -0.39 is 0 Å². The second kappa shape index (κ2) is 4.05. The fourth-order valence-corrected chi connectivity index (χ4v) is 2.88. The summed E-state index contributed by atoms with van der Waals surface area (Å²) in [6, 6.07) is 10.00. The molecular weight excluding hydrogens is 238 g/mol. The molecule has 1 N–H and O–H groups in total. The Bertz CT molecular complexity index is 569. The maximum Gasteiger partial charge on any atom is 0.247 e. The van der Waals surface area contributed by atoms with Crippen molar-refractivity contribution < 1.29 is 0 Å². The summed E-state index contributed by atoms with van der Waals surface area (Å²) in [7, 11) is 0. The van der Waals surface area contributed by atoms with Crippen molar-refractivity contribution in [3.63, 3.8) is 0 Å². The van der Waals surface area contributed by atoms with Crippen molar-refractivity contribution in [3.05, 3.63) is 30.3 Å². The number of hydrogen-bond donors (Lipinski definition) is 1. The Morgan fingerprint density at radius 3 is 2.68 bits per heavy atom. The fourth-order valence-electron chi connectivity index (χ4n) is 2.88. The average Bonchev–Trinajstić information content (AvgIpc) is 3.36. The molecule has 5 nitrogen and oxygen atoms in total. The first-order valence-electron chi connectivity index (χ1n) is 6.95. The molecule has 0 amide bonds. The van der Waals surface area contributed by atoms with E-state index in [2.05, 4.69) is 20.8 Å². The molecule has 0 bridgehead atoms. The van der Waals surface area contributed by atoms with Crippen LogP contribution < -0.4 is 5.32 Å². The maximum atomic E-state index is 4.09. The van der Waals surface area contributed by atoms with Crippen LogP contribution in [0.15, 0.2) is 30.3 Å².